The SMILES string of the molecule is Cc1cc(Br)ccc1NC(=O)CNC(=O)c1ccccc1[N+](=O)[O-]. The molecule has 0 unspecified atom stereocenters. The number of para-hydroxylation sites is 1. The van der Waals surface area contributed by atoms with E-state index >= 15 is 0 Å². The normalized spacial score (nSPS) is 10.1. The van der Waals surface area contributed by atoms with Crippen molar-refractivity contribution in [2.24, 2.45) is 0 Å². The molecule has 0 spiro atoms. The van der Waals surface area contributed by atoms with Crippen LogP contribution in [-0.4, -0.2) is 23.3 Å². The van der Waals surface area contributed by atoms with Gasteiger partial charge in [0.1, 0.15) is 5.56 Å². The van der Waals surface area contributed by atoms with Crippen LogP contribution in [-0.2, 0) is 4.79 Å². The second-order valence-electron chi connectivity index (χ2n) is 4.96. The van der Waals surface area contributed by atoms with Gasteiger partial charge in [0, 0.05) is 16.2 Å². The van der Waals surface area contributed by atoms with Crippen molar-refractivity contribution in [1.29, 1.82) is 0 Å². The molecule has 2 amide bonds. The molecule has 0 bridgehead atoms. The Balaban J connectivity index is 1.99. The molecule has 0 aliphatic rings. The maximum atomic E-state index is 12.0. The third kappa shape index (κ3) is 4.39. The lowest BCUT2D eigenvalue weighted by molar-refractivity contribution is -0.385. The Morgan fingerprint density at radius 2 is 1.92 bits per heavy atom. The summed E-state index contributed by atoms with van der Waals surface area (Å²) in [5.41, 5.74) is 1.10. The molecule has 2 rings (SSSR count). The Kier molecular flexibility index (Phi) is 5.64. The number of aryl methyl sites for hydroxylation is 1. The molecule has 124 valence electrons. The molecule has 0 aliphatic carbocycles. The second-order valence-corrected chi connectivity index (χ2v) is 5.88. The molecule has 0 atom stereocenters. The third-order valence-electron chi connectivity index (χ3n) is 3.22. The predicted molar refractivity (Wildman–Crippen MR) is 92.9 cm³/mol. The molecule has 8 heteroatoms. The van der Waals surface area contributed by atoms with Crippen LogP contribution in [0.25, 0.3) is 0 Å². The molecule has 0 heterocycles. The minimum Gasteiger partial charge on any atom is -0.343 e. The lowest BCUT2D eigenvalue weighted by Gasteiger charge is -2.09. The maximum absolute atomic E-state index is 12.0. The van der Waals surface area contributed by atoms with Crippen molar-refractivity contribution in [3.8, 4) is 0 Å². The lowest BCUT2D eigenvalue weighted by Crippen LogP contribution is -2.33. The number of carbonyl (C=O) groups excluding carboxylic acids is 2. The minimum absolute atomic E-state index is 0.0878. The smallest absolute Gasteiger partial charge is 0.282 e. The average molecular weight is 392 g/mol. The zero-order chi connectivity index (χ0) is 17.7. The average Bonchev–Trinajstić information content (AvgIpc) is 2.55. The van der Waals surface area contributed by atoms with Crippen LogP contribution in [0.4, 0.5) is 11.4 Å². The van der Waals surface area contributed by atoms with E-state index in [0.29, 0.717) is 5.69 Å². The van der Waals surface area contributed by atoms with Gasteiger partial charge in [-0.15, -0.1) is 0 Å². The van der Waals surface area contributed by atoms with E-state index in [1.54, 1.807) is 12.1 Å². The van der Waals surface area contributed by atoms with Crippen LogP contribution in [0.3, 0.4) is 0 Å². The Morgan fingerprint density at radius 1 is 1.21 bits per heavy atom. The van der Waals surface area contributed by atoms with Gasteiger partial charge < -0.3 is 10.6 Å². The zero-order valence-electron chi connectivity index (χ0n) is 12.7. The van der Waals surface area contributed by atoms with Crippen molar-refractivity contribution >= 4 is 39.1 Å². The summed E-state index contributed by atoms with van der Waals surface area (Å²) >= 11 is 3.33. The second kappa shape index (κ2) is 7.69. The first kappa shape index (κ1) is 17.6. The number of halogens is 1. The number of amides is 2. The van der Waals surface area contributed by atoms with E-state index in [4.69, 9.17) is 0 Å². The van der Waals surface area contributed by atoms with Crippen LogP contribution in [0.1, 0.15) is 15.9 Å². The highest BCUT2D eigenvalue weighted by Crippen LogP contribution is 2.20. The summed E-state index contributed by atoms with van der Waals surface area (Å²) in [7, 11) is 0. The van der Waals surface area contributed by atoms with Crippen molar-refractivity contribution in [3.63, 3.8) is 0 Å². The van der Waals surface area contributed by atoms with Crippen LogP contribution >= 0.6 is 15.9 Å². The molecule has 0 aromatic heterocycles. The third-order valence-corrected chi connectivity index (χ3v) is 3.71. The van der Waals surface area contributed by atoms with E-state index in [-0.39, 0.29) is 17.8 Å². The van der Waals surface area contributed by atoms with Crippen molar-refractivity contribution < 1.29 is 14.5 Å². The molecule has 0 radical (unpaired) electrons. The quantitative estimate of drug-likeness (QED) is 0.603. The fraction of sp³-hybridized carbons (Fsp3) is 0.125. The first-order valence-electron chi connectivity index (χ1n) is 6.96. The molecule has 2 aromatic rings. The standard InChI is InChI=1S/C16H14BrN3O4/c1-10-8-11(17)6-7-13(10)19-15(21)9-18-16(22)12-4-2-3-5-14(12)20(23)24/h2-8H,9H2,1H3,(H,18,22)(H,19,21). The molecule has 2 N–H and O–H groups in total. The highest BCUT2D eigenvalue weighted by molar-refractivity contribution is 9.10. The fourth-order valence-corrected chi connectivity index (χ4v) is 2.52. The number of hydrogen-bond donors (Lipinski definition) is 2. The molecule has 0 aliphatic heterocycles. The topological polar surface area (TPSA) is 101 Å². The summed E-state index contributed by atoms with van der Waals surface area (Å²) in [5.74, 6) is -1.10. The van der Waals surface area contributed by atoms with Crippen molar-refractivity contribution in [3.05, 3.63) is 68.2 Å². The number of rotatable bonds is 5. The molecule has 0 fully saturated rings. The minimum atomic E-state index is -0.676. The Bertz CT molecular complexity index is 808. The fourth-order valence-electron chi connectivity index (χ4n) is 2.04. The van der Waals surface area contributed by atoms with Crippen LogP contribution in [0.5, 0.6) is 0 Å². The summed E-state index contributed by atoms with van der Waals surface area (Å²) in [5, 5.41) is 16.0. The summed E-state index contributed by atoms with van der Waals surface area (Å²) in [6, 6.07) is 10.9. The number of anilines is 1. The van der Waals surface area contributed by atoms with Gasteiger partial charge in [-0.3, -0.25) is 19.7 Å². The molecule has 7 nitrogen and oxygen atoms in total. The van der Waals surface area contributed by atoms with Crippen LogP contribution in [0.2, 0.25) is 0 Å². The van der Waals surface area contributed by atoms with Gasteiger partial charge in [-0.2, -0.15) is 0 Å². The zero-order valence-corrected chi connectivity index (χ0v) is 14.3. The monoisotopic (exact) mass is 391 g/mol. The molecule has 24 heavy (non-hydrogen) atoms. The number of benzene rings is 2. The van der Waals surface area contributed by atoms with Gasteiger partial charge in [0.15, 0.2) is 0 Å². The number of nitro benzene ring substituents is 1. The van der Waals surface area contributed by atoms with Gasteiger partial charge in [-0.25, -0.2) is 0 Å². The molecular weight excluding hydrogens is 378 g/mol. The number of carbonyl (C=O) groups is 2. The van der Waals surface area contributed by atoms with E-state index < -0.39 is 16.7 Å². The largest absolute Gasteiger partial charge is 0.343 e. The van der Waals surface area contributed by atoms with E-state index in [2.05, 4.69) is 26.6 Å². The van der Waals surface area contributed by atoms with E-state index in [1.165, 1.54) is 24.3 Å². The van der Waals surface area contributed by atoms with Crippen LogP contribution in [0.15, 0.2) is 46.9 Å². The molecule has 2 aromatic carbocycles. The van der Waals surface area contributed by atoms with Gasteiger partial charge in [-0.05, 0) is 36.8 Å². The van der Waals surface area contributed by atoms with Gasteiger partial charge in [0.05, 0.1) is 11.5 Å². The van der Waals surface area contributed by atoms with Crippen LogP contribution in [0, 0.1) is 17.0 Å². The summed E-state index contributed by atoms with van der Waals surface area (Å²) < 4.78 is 0.891. The van der Waals surface area contributed by atoms with Gasteiger partial charge in [0.2, 0.25) is 5.91 Å². The van der Waals surface area contributed by atoms with Gasteiger partial charge in [0.25, 0.3) is 11.6 Å². The number of hydrogen-bond acceptors (Lipinski definition) is 4. The van der Waals surface area contributed by atoms with E-state index in [1.807, 2.05) is 13.0 Å². The summed E-state index contributed by atoms with van der Waals surface area (Å²) in [6.45, 7) is 1.55. The van der Waals surface area contributed by atoms with Gasteiger partial charge >= 0.3 is 0 Å². The maximum Gasteiger partial charge on any atom is 0.282 e. The predicted octanol–water partition coefficient (Wildman–Crippen LogP) is 3.03. The lowest BCUT2D eigenvalue weighted by atomic mass is 10.1. The van der Waals surface area contributed by atoms with E-state index in [9.17, 15) is 19.7 Å². The van der Waals surface area contributed by atoms with Crippen molar-refractivity contribution in [2.45, 2.75) is 6.92 Å². The summed E-state index contributed by atoms with van der Waals surface area (Å²) in [6.07, 6.45) is 0. The highest BCUT2D eigenvalue weighted by atomic mass is 79.9. The van der Waals surface area contributed by atoms with Crippen LogP contribution < -0.4 is 10.6 Å². The van der Waals surface area contributed by atoms with Gasteiger partial charge in [-0.1, -0.05) is 28.1 Å². The molecule has 0 saturated carbocycles. The highest BCUT2D eigenvalue weighted by Gasteiger charge is 2.19. The number of nitro groups is 1. The Labute approximate surface area is 146 Å². The number of nitrogens with one attached hydrogen (secondary N) is 2. The summed E-state index contributed by atoms with van der Waals surface area (Å²) in [4.78, 5) is 34.2. The molecular formula is C16H14BrN3O4. The first-order chi connectivity index (χ1) is 11.4. The Hall–Kier alpha value is -2.74. The Morgan fingerprint density at radius 3 is 2.58 bits per heavy atom. The molecule has 0 saturated heterocycles. The van der Waals surface area contributed by atoms with Crippen molar-refractivity contribution in [2.75, 3.05) is 11.9 Å². The number of nitrogens with zero attached hydrogens (tertiary/aromatic N) is 1. The van der Waals surface area contributed by atoms with Crippen molar-refractivity contribution in [1.82, 2.24) is 5.32 Å². The van der Waals surface area contributed by atoms with E-state index in [0.717, 1.165) is 10.0 Å². The first-order valence-corrected chi connectivity index (χ1v) is 7.75.